The number of aliphatic carboxylic acids is 1. The Morgan fingerprint density at radius 1 is 1.53 bits per heavy atom. The van der Waals surface area contributed by atoms with E-state index in [0.717, 1.165) is 5.56 Å². The van der Waals surface area contributed by atoms with Crippen LogP contribution in [0.3, 0.4) is 0 Å². The number of carbonyl (C=O) groups is 2. The fourth-order valence-electron chi connectivity index (χ4n) is 1.03. The predicted molar refractivity (Wildman–Crippen MR) is 57.5 cm³/mol. The zero-order valence-corrected chi connectivity index (χ0v) is 9.34. The monoisotopic (exact) mass is 239 g/mol. The van der Waals surface area contributed by atoms with Crippen molar-refractivity contribution in [3.8, 4) is 5.88 Å². The molecule has 0 saturated carbocycles. The van der Waals surface area contributed by atoms with Crippen LogP contribution >= 0.6 is 0 Å². The zero-order chi connectivity index (χ0) is 12.7. The first-order valence-electron chi connectivity index (χ1n) is 4.97. The van der Waals surface area contributed by atoms with Crippen LogP contribution in [0.15, 0.2) is 12.5 Å². The Balaban J connectivity index is 2.29. The van der Waals surface area contributed by atoms with Crippen LogP contribution in [0.2, 0.25) is 0 Å². The van der Waals surface area contributed by atoms with E-state index in [1.165, 1.54) is 6.33 Å². The van der Waals surface area contributed by atoms with E-state index < -0.39 is 5.97 Å². The first-order valence-corrected chi connectivity index (χ1v) is 4.97. The number of nitrogens with one attached hydrogen (secondary N) is 1. The summed E-state index contributed by atoms with van der Waals surface area (Å²) >= 11 is 0. The summed E-state index contributed by atoms with van der Waals surface area (Å²) in [5.74, 6) is -1.00. The lowest BCUT2D eigenvalue weighted by atomic mass is 10.4. The Bertz CT molecular complexity index is 408. The summed E-state index contributed by atoms with van der Waals surface area (Å²) in [6.07, 6.45) is 2.79. The molecule has 0 aliphatic heterocycles. The highest BCUT2D eigenvalue weighted by Crippen LogP contribution is 2.09. The lowest BCUT2D eigenvalue weighted by Crippen LogP contribution is -2.30. The van der Waals surface area contributed by atoms with E-state index in [1.54, 1.807) is 13.1 Å². The van der Waals surface area contributed by atoms with Crippen molar-refractivity contribution < 1.29 is 19.4 Å². The molecule has 0 atom stereocenters. The Hall–Kier alpha value is -2.18. The van der Waals surface area contributed by atoms with Gasteiger partial charge in [0.25, 0.3) is 5.91 Å². The van der Waals surface area contributed by atoms with Crippen LogP contribution in [-0.4, -0.2) is 40.1 Å². The summed E-state index contributed by atoms with van der Waals surface area (Å²) in [5, 5.41) is 10.8. The molecule has 0 saturated heterocycles. The van der Waals surface area contributed by atoms with E-state index in [4.69, 9.17) is 9.84 Å². The number of aromatic nitrogens is 2. The number of hydrogen-bond donors (Lipinski definition) is 2. The van der Waals surface area contributed by atoms with Gasteiger partial charge in [-0.05, 0) is 6.92 Å². The van der Waals surface area contributed by atoms with Crippen molar-refractivity contribution in [3.05, 3.63) is 18.1 Å². The van der Waals surface area contributed by atoms with E-state index in [1.807, 2.05) is 0 Å². The third-order valence-corrected chi connectivity index (χ3v) is 1.85. The molecule has 0 aliphatic carbocycles. The molecule has 1 rings (SSSR count). The summed E-state index contributed by atoms with van der Waals surface area (Å²) in [5.41, 5.74) is 0.728. The minimum atomic E-state index is -0.960. The lowest BCUT2D eigenvalue weighted by molar-refractivity contribution is -0.137. The molecule has 0 fully saturated rings. The van der Waals surface area contributed by atoms with Gasteiger partial charge in [0.1, 0.15) is 6.33 Å². The van der Waals surface area contributed by atoms with Gasteiger partial charge in [-0.2, -0.15) is 0 Å². The molecular formula is C10H13N3O4. The van der Waals surface area contributed by atoms with Crippen molar-refractivity contribution in [2.75, 3.05) is 13.2 Å². The van der Waals surface area contributed by atoms with E-state index in [9.17, 15) is 9.59 Å². The van der Waals surface area contributed by atoms with E-state index in [-0.39, 0.29) is 25.5 Å². The van der Waals surface area contributed by atoms with Gasteiger partial charge in [0.15, 0.2) is 6.61 Å². The molecule has 1 heterocycles. The first kappa shape index (κ1) is 12.9. The van der Waals surface area contributed by atoms with Gasteiger partial charge in [0, 0.05) is 18.3 Å². The van der Waals surface area contributed by atoms with E-state index in [0.29, 0.717) is 5.88 Å². The maximum absolute atomic E-state index is 11.2. The highest BCUT2D eigenvalue weighted by molar-refractivity contribution is 5.78. The number of hydrogen-bond acceptors (Lipinski definition) is 5. The van der Waals surface area contributed by atoms with Gasteiger partial charge in [-0.1, -0.05) is 0 Å². The quantitative estimate of drug-likeness (QED) is 0.710. The summed E-state index contributed by atoms with van der Waals surface area (Å²) < 4.78 is 5.15. The molecule has 2 N–H and O–H groups in total. The lowest BCUT2D eigenvalue weighted by Gasteiger charge is -2.07. The summed E-state index contributed by atoms with van der Waals surface area (Å²) in [4.78, 5) is 29.1. The number of carboxylic acid groups (broad SMARTS) is 1. The molecule has 1 aromatic rings. The van der Waals surface area contributed by atoms with Crippen LogP contribution in [0, 0.1) is 6.92 Å². The molecule has 0 radical (unpaired) electrons. The SMILES string of the molecule is Cc1cncnc1OCC(=O)NCCC(=O)O. The van der Waals surface area contributed by atoms with Gasteiger partial charge in [0.2, 0.25) is 5.88 Å². The summed E-state index contributed by atoms with van der Waals surface area (Å²) in [6.45, 7) is 1.65. The maximum atomic E-state index is 11.2. The van der Waals surface area contributed by atoms with Gasteiger partial charge >= 0.3 is 5.97 Å². The zero-order valence-electron chi connectivity index (χ0n) is 9.34. The molecule has 0 spiro atoms. The van der Waals surface area contributed by atoms with Gasteiger partial charge in [-0.3, -0.25) is 9.59 Å². The van der Waals surface area contributed by atoms with Crippen molar-refractivity contribution in [1.82, 2.24) is 15.3 Å². The van der Waals surface area contributed by atoms with Gasteiger partial charge in [0.05, 0.1) is 6.42 Å². The number of carboxylic acids is 1. The van der Waals surface area contributed by atoms with Crippen LogP contribution in [0.4, 0.5) is 0 Å². The second-order valence-corrected chi connectivity index (χ2v) is 3.29. The topological polar surface area (TPSA) is 101 Å². The summed E-state index contributed by atoms with van der Waals surface area (Å²) in [6, 6.07) is 0. The Morgan fingerprint density at radius 3 is 2.94 bits per heavy atom. The van der Waals surface area contributed by atoms with Crippen molar-refractivity contribution in [2.24, 2.45) is 0 Å². The number of amides is 1. The number of ether oxygens (including phenoxy) is 1. The maximum Gasteiger partial charge on any atom is 0.305 e. The van der Waals surface area contributed by atoms with Gasteiger partial charge in [-0.15, -0.1) is 0 Å². The number of aryl methyl sites for hydroxylation is 1. The average Bonchev–Trinajstić information content (AvgIpc) is 2.27. The van der Waals surface area contributed by atoms with Gasteiger partial charge < -0.3 is 15.2 Å². The third kappa shape index (κ3) is 4.92. The number of nitrogens with zero attached hydrogens (tertiary/aromatic N) is 2. The van der Waals surface area contributed by atoms with Crippen LogP contribution < -0.4 is 10.1 Å². The molecule has 7 nitrogen and oxygen atoms in total. The van der Waals surface area contributed by atoms with E-state index in [2.05, 4.69) is 15.3 Å². The molecule has 0 bridgehead atoms. The molecule has 92 valence electrons. The fraction of sp³-hybridized carbons (Fsp3) is 0.400. The standard InChI is InChI=1S/C10H13N3O4/c1-7-4-11-6-13-10(7)17-5-8(14)12-3-2-9(15)16/h4,6H,2-3,5H2,1H3,(H,12,14)(H,15,16). The molecule has 0 unspecified atom stereocenters. The van der Waals surface area contributed by atoms with Crippen LogP contribution in [0.5, 0.6) is 5.88 Å². The fourth-order valence-corrected chi connectivity index (χ4v) is 1.03. The van der Waals surface area contributed by atoms with Crippen molar-refractivity contribution in [3.63, 3.8) is 0 Å². The third-order valence-electron chi connectivity index (χ3n) is 1.85. The molecule has 17 heavy (non-hydrogen) atoms. The Morgan fingerprint density at radius 2 is 2.29 bits per heavy atom. The van der Waals surface area contributed by atoms with Crippen LogP contribution in [0.25, 0.3) is 0 Å². The minimum absolute atomic E-state index is 0.0836. The second-order valence-electron chi connectivity index (χ2n) is 3.29. The molecule has 0 aliphatic rings. The highest BCUT2D eigenvalue weighted by Gasteiger charge is 2.06. The number of carbonyl (C=O) groups excluding carboxylic acids is 1. The second kappa shape index (κ2) is 6.41. The van der Waals surface area contributed by atoms with Gasteiger partial charge in [-0.25, -0.2) is 9.97 Å². The largest absolute Gasteiger partial charge is 0.481 e. The predicted octanol–water partition coefficient (Wildman–Crippen LogP) is -0.245. The Kier molecular flexibility index (Phi) is 4.86. The van der Waals surface area contributed by atoms with E-state index >= 15 is 0 Å². The van der Waals surface area contributed by atoms with Crippen molar-refractivity contribution in [1.29, 1.82) is 0 Å². The normalized spacial score (nSPS) is 9.71. The number of rotatable bonds is 6. The van der Waals surface area contributed by atoms with Crippen molar-refractivity contribution >= 4 is 11.9 Å². The Labute approximate surface area is 97.8 Å². The first-order chi connectivity index (χ1) is 8.09. The average molecular weight is 239 g/mol. The molecule has 1 aromatic heterocycles. The molecule has 7 heteroatoms. The molecule has 1 amide bonds. The van der Waals surface area contributed by atoms with Crippen LogP contribution in [-0.2, 0) is 9.59 Å². The van der Waals surface area contributed by atoms with Crippen LogP contribution in [0.1, 0.15) is 12.0 Å². The minimum Gasteiger partial charge on any atom is -0.481 e. The highest BCUT2D eigenvalue weighted by atomic mass is 16.5. The van der Waals surface area contributed by atoms with Crippen molar-refractivity contribution in [2.45, 2.75) is 13.3 Å². The smallest absolute Gasteiger partial charge is 0.305 e. The summed E-state index contributed by atoms with van der Waals surface area (Å²) in [7, 11) is 0. The molecular weight excluding hydrogens is 226 g/mol. The molecule has 0 aromatic carbocycles.